The van der Waals surface area contributed by atoms with Crippen LogP contribution in [0.25, 0.3) is 0 Å². The largest absolute Gasteiger partial charge is 0.469 e. The van der Waals surface area contributed by atoms with Gasteiger partial charge in [0, 0.05) is 32.2 Å². The first-order chi connectivity index (χ1) is 9.60. The average molecular weight is 280 g/mol. The molecule has 2 heterocycles. The van der Waals surface area contributed by atoms with Gasteiger partial charge in [-0.05, 0) is 7.05 Å². The minimum absolute atomic E-state index is 0.150. The number of methoxy groups -OCH3 is 1. The van der Waals surface area contributed by atoms with Crippen LogP contribution in [0.15, 0.2) is 17.1 Å². The number of nitrogens with zero attached hydrogens (tertiary/aromatic N) is 4. The second-order valence-corrected chi connectivity index (χ2v) is 4.89. The first-order valence-electron chi connectivity index (χ1n) is 6.67. The normalized spacial score (nSPS) is 16.2. The SMILES string of the molecule is COC(=O)CCn1ncc(N2CCN(C)CC2)cc1=O. The number of carbonyl (C=O) groups excluding carboxylic acids is 1. The first-order valence-corrected chi connectivity index (χ1v) is 6.67. The Labute approximate surface area is 117 Å². The Hall–Kier alpha value is -1.89. The highest BCUT2D eigenvalue weighted by Crippen LogP contribution is 2.12. The Balaban J connectivity index is 2.02. The van der Waals surface area contributed by atoms with E-state index in [-0.39, 0.29) is 24.5 Å². The van der Waals surface area contributed by atoms with Crippen molar-refractivity contribution >= 4 is 11.7 Å². The molecule has 0 aromatic carbocycles. The van der Waals surface area contributed by atoms with Gasteiger partial charge in [-0.1, -0.05) is 0 Å². The molecule has 20 heavy (non-hydrogen) atoms. The number of ether oxygens (including phenoxy) is 1. The van der Waals surface area contributed by atoms with E-state index in [1.54, 1.807) is 12.3 Å². The molecule has 2 rings (SSSR count). The zero-order valence-corrected chi connectivity index (χ0v) is 11.9. The minimum Gasteiger partial charge on any atom is -0.469 e. The van der Waals surface area contributed by atoms with Crippen molar-refractivity contribution in [2.24, 2.45) is 0 Å². The average Bonchev–Trinajstić information content (AvgIpc) is 2.46. The Morgan fingerprint density at radius 1 is 1.35 bits per heavy atom. The first kappa shape index (κ1) is 14.5. The van der Waals surface area contributed by atoms with Crippen molar-refractivity contribution in [1.29, 1.82) is 0 Å². The molecule has 110 valence electrons. The van der Waals surface area contributed by atoms with E-state index in [2.05, 4.69) is 26.7 Å². The van der Waals surface area contributed by atoms with E-state index < -0.39 is 0 Å². The fourth-order valence-electron chi connectivity index (χ4n) is 2.13. The van der Waals surface area contributed by atoms with Gasteiger partial charge in [0.05, 0.1) is 32.0 Å². The number of hydrogen-bond donors (Lipinski definition) is 0. The molecule has 1 aromatic heterocycles. The van der Waals surface area contributed by atoms with Gasteiger partial charge in [-0.15, -0.1) is 0 Å². The lowest BCUT2D eigenvalue weighted by Crippen LogP contribution is -2.45. The monoisotopic (exact) mass is 280 g/mol. The smallest absolute Gasteiger partial charge is 0.307 e. The van der Waals surface area contributed by atoms with Crippen molar-refractivity contribution in [3.63, 3.8) is 0 Å². The maximum atomic E-state index is 12.0. The molecule has 0 bridgehead atoms. The zero-order valence-electron chi connectivity index (χ0n) is 11.9. The van der Waals surface area contributed by atoms with E-state index in [0.29, 0.717) is 0 Å². The molecule has 7 nitrogen and oxygen atoms in total. The lowest BCUT2D eigenvalue weighted by atomic mass is 10.3. The van der Waals surface area contributed by atoms with E-state index in [4.69, 9.17) is 0 Å². The molecule has 0 atom stereocenters. The van der Waals surface area contributed by atoms with Gasteiger partial charge in [0.1, 0.15) is 0 Å². The van der Waals surface area contributed by atoms with Crippen molar-refractivity contribution in [1.82, 2.24) is 14.7 Å². The summed E-state index contributed by atoms with van der Waals surface area (Å²) in [6.07, 6.45) is 1.83. The summed E-state index contributed by atoms with van der Waals surface area (Å²) in [5.41, 5.74) is 0.655. The Kier molecular flexibility index (Phi) is 4.73. The zero-order chi connectivity index (χ0) is 14.5. The molecule has 0 spiro atoms. The second kappa shape index (κ2) is 6.51. The van der Waals surface area contributed by atoms with Crippen LogP contribution in [0.2, 0.25) is 0 Å². The highest BCUT2D eigenvalue weighted by Gasteiger charge is 2.15. The predicted molar refractivity (Wildman–Crippen MR) is 74.8 cm³/mol. The minimum atomic E-state index is -0.346. The standard InChI is InChI=1S/C13H20N4O3/c1-15-5-7-16(8-6-15)11-9-12(18)17(14-10-11)4-3-13(19)20-2/h9-10H,3-8H2,1-2H3. The Morgan fingerprint density at radius 3 is 2.65 bits per heavy atom. The van der Waals surface area contributed by atoms with Gasteiger partial charge in [0.15, 0.2) is 0 Å². The molecule has 7 heteroatoms. The van der Waals surface area contributed by atoms with E-state index in [9.17, 15) is 9.59 Å². The predicted octanol–water partition coefficient (Wildman–Crippen LogP) is -0.442. The highest BCUT2D eigenvalue weighted by atomic mass is 16.5. The number of likely N-dealkylation sites (N-methyl/N-ethyl adjacent to an activating group) is 1. The van der Waals surface area contributed by atoms with Crippen LogP contribution in [0.4, 0.5) is 5.69 Å². The van der Waals surface area contributed by atoms with Crippen LogP contribution < -0.4 is 10.5 Å². The summed E-state index contributed by atoms with van der Waals surface area (Å²) in [7, 11) is 3.41. The molecular formula is C13H20N4O3. The van der Waals surface area contributed by atoms with Gasteiger partial charge in [0.25, 0.3) is 5.56 Å². The van der Waals surface area contributed by atoms with E-state index in [1.807, 2.05) is 0 Å². The second-order valence-electron chi connectivity index (χ2n) is 4.89. The van der Waals surface area contributed by atoms with Gasteiger partial charge >= 0.3 is 5.97 Å². The number of anilines is 1. The molecule has 0 radical (unpaired) electrons. The summed E-state index contributed by atoms with van der Waals surface area (Å²) in [6.45, 7) is 3.99. The van der Waals surface area contributed by atoms with Crippen molar-refractivity contribution in [3.05, 3.63) is 22.6 Å². The van der Waals surface area contributed by atoms with Gasteiger partial charge in [-0.3, -0.25) is 9.59 Å². The molecule has 0 saturated carbocycles. The summed E-state index contributed by atoms with van der Waals surface area (Å²) in [6, 6.07) is 1.58. The molecule has 0 N–H and O–H groups in total. The maximum Gasteiger partial charge on any atom is 0.307 e. The van der Waals surface area contributed by atoms with Crippen LogP contribution >= 0.6 is 0 Å². The van der Waals surface area contributed by atoms with E-state index in [0.717, 1.165) is 31.9 Å². The van der Waals surface area contributed by atoms with E-state index >= 15 is 0 Å². The van der Waals surface area contributed by atoms with Crippen molar-refractivity contribution in [3.8, 4) is 0 Å². The third kappa shape index (κ3) is 3.57. The number of aromatic nitrogens is 2. The molecular weight excluding hydrogens is 260 g/mol. The summed E-state index contributed by atoms with van der Waals surface area (Å²) >= 11 is 0. The molecule has 1 saturated heterocycles. The number of piperazine rings is 1. The van der Waals surface area contributed by atoms with Crippen LogP contribution in [0.5, 0.6) is 0 Å². The topological polar surface area (TPSA) is 67.7 Å². The lowest BCUT2D eigenvalue weighted by molar-refractivity contribution is -0.140. The van der Waals surface area contributed by atoms with E-state index in [1.165, 1.54) is 11.8 Å². The summed E-state index contributed by atoms with van der Waals surface area (Å²) < 4.78 is 5.83. The van der Waals surface area contributed by atoms with Gasteiger partial charge in [-0.25, -0.2) is 4.68 Å². The third-order valence-corrected chi connectivity index (χ3v) is 3.48. The Bertz CT molecular complexity index is 521. The number of rotatable bonds is 4. The molecule has 1 fully saturated rings. The number of aryl methyl sites for hydroxylation is 1. The van der Waals surface area contributed by atoms with Crippen LogP contribution in [-0.4, -0.2) is 61.0 Å². The summed E-state index contributed by atoms with van der Waals surface area (Å²) in [4.78, 5) is 27.4. The fourth-order valence-corrected chi connectivity index (χ4v) is 2.13. The number of esters is 1. The number of hydrogen-bond acceptors (Lipinski definition) is 6. The maximum absolute atomic E-state index is 12.0. The van der Waals surface area contributed by atoms with Crippen molar-refractivity contribution < 1.29 is 9.53 Å². The van der Waals surface area contributed by atoms with Crippen LogP contribution in [-0.2, 0) is 16.1 Å². The summed E-state index contributed by atoms with van der Waals surface area (Å²) in [5.74, 6) is -0.346. The van der Waals surface area contributed by atoms with Crippen molar-refractivity contribution in [2.75, 3.05) is 45.2 Å². The van der Waals surface area contributed by atoms with Crippen LogP contribution in [0.1, 0.15) is 6.42 Å². The molecule has 0 amide bonds. The van der Waals surface area contributed by atoms with Crippen LogP contribution in [0.3, 0.4) is 0 Å². The van der Waals surface area contributed by atoms with Gasteiger partial charge in [-0.2, -0.15) is 5.10 Å². The molecule has 0 unspecified atom stereocenters. The lowest BCUT2D eigenvalue weighted by Gasteiger charge is -2.33. The number of carbonyl (C=O) groups is 1. The quantitative estimate of drug-likeness (QED) is 0.697. The van der Waals surface area contributed by atoms with Crippen molar-refractivity contribution in [2.45, 2.75) is 13.0 Å². The Morgan fingerprint density at radius 2 is 2.05 bits per heavy atom. The summed E-state index contributed by atoms with van der Waals surface area (Å²) in [5, 5.41) is 4.12. The molecule has 1 aliphatic heterocycles. The third-order valence-electron chi connectivity index (χ3n) is 3.48. The molecule has 1 aromatic rings. The molecule has 1 aliphatic rings. The molecule has 0 aliphatic carbocycles. The van der Waals surface area contributed by atoms with Crippen LogP contribution in [0, 0.1) is 0 Å². The highest BCUT2D eigenvalue weighted by molar-refractivity contribution is 5.68. The van der Waals surface area contributed by atoms with Gasteiger partial charge < -0.3 is 14.5 Å². The fraction of sp³-hybridized carbons (Fsp3) is 0.615. The van der Waals surface area contributed by atoms with Gasteiger partial charge in [0.2, 0.25) is 0 Å².